The van der Waals surface area contributed by atoms with Crippen LogP contribution in [0.4, 0.5) is 10.1 Å². The minimum Gasteiger partial charge on any atom is -0.340 e. The van der Waals surface area contributed by atoms with Crippen molar-refractivity contribution in [3.8, 4) is 0 Å². The molecular weight excluding hydrogens is 445 g/mol. The molecule has 0 unspecified atom stereocenters. The van der Waals surface area contributed by atoms with Gasteiger partial charge in [-0.05, 0) is 43.7 Å². The standard InChI is InChI=1S/C23H26FN5O3S/c1-15-16(2)33-22-21(15)23(32)29(14-25-22)8-7-20(31)28-11-9-27(10-12-28)13-19(30)26-18-5-3-17(24)4-6-18/h3-6,14H,7-13H2,1-2H3,(H,26,30). The molecule has 3 heterocycles. The number of rotatable bonds is 6. The number of anilines is 1. The zero-order chi connectivity index (χ0) is 23.5. The van der Waals surface area contributed by atoms with Crippen molar-refractivity contribution in [2.75, 3.05) is 38.0 Å². The molecule has 0 aliphatic carbocycles. The van der Waals surface area contributed by atoms with Crippen molar-refractivity contribution < 1.29 is 14.0 Å². The summed E-state index contributed by atoms with van der Waals surface area (Å²) in [7, 11) is 0. The van der Waals surface area contributed by atoms with Crippen LogP contribution in [0.15, 0.2) is 35.4 Å². The zero-order valence-corrected chi connectivity index (χ0v) is 19.5. The molecule has 0 saturated carbocycles. The van der Waals surface area contributed by atoms with Crippen LogP contribution in [0, 0.1) is 19.7 Å². The quantitative estimate of drug-likeness (QED) is 0.597. The number of amides is 2. The molecule has 174 valence electrons. The fourth-order valence-corrected chi connectivity index (χ4v) is 4.88. The van der Waals surface area contributed by atoms with E-state index in [9.17, 15) is 18.8 Å². The summed E-state index contributed by atoms with van der Waals surface area (Å²) < 4.78 is 14.5. The van der Waals surface area contributed by atoms with Gasteiger partial charge >= 0.3 is 0 Å². The van der Waals surface area contributed by atoms with Gasteiger partial charge in [0.05, 0.1) is 18.3 Å². The molecule has 1 aliphatic rings. The second-order valence-corrected chi connectivity index (χ2v) is 9.37. The molecule has 1 aliphatic heterocycles. The van der Waals surface area contributed by atoms with E-state index >= 15 is 0 Å². The third-order valence-electron chi connectivity index (χ3n) is 5.94. The van der Waals surface area contributed by atoms with Gasteiger partial charge in [0.25, 0.3) is 5.56 Å². The molecule has 4 rings (SSSR count). The first-order valence-electron chi connectivity index (χ1n) is 10.8. The minimum atomic E-state index is -0.354. The first kappa shape index (κ1) is 23.1. The molecule has 0 bridgehead atoms. The fourth-order valence-electron chi connectivity index (χ4n) is 3.90. The maximum absolute atomic E-state index is 13.0. The summed E-state index contributed by atoms with van der Waals surface area (Å²) in [6.45, 7) is 6.62. The van der Waals surface area contributed by atoms with Crippen LogP contribution in [0.2, 0.25) is 0 Å². The fraction of sp³-hybridized carbons (Fsp3) is 0.391. The topological polar surface area (TPSA) is 87.5 Å². The second-order valence-electron chi connectivity index (χ2n) is 8.17. The van der Waals surface area contributed by atoms with Gasteiger partial charge < -0.3 is 10.2 Å². The van der Waals surface area contributed by atoms with Gasteiger partial charge in [0, 0.05) is 49.7 Å². The number of aromatic nitrogens is 2. The number of carbonyl (C=O) groups excluding carboxylic acids is 2. The predicted molar refractivity (Wildman–Crippen MR) is 126 cm³/mol. The Labute approximate surface area is 194 Å². The first-order valence-corrected chi connectivity index (χ1v) is 11.6. The molecular formula is C23H26FN5O3S. The Bertz CT molecular complexity index is 1230. The average Bonchev–Trinajstić information content (AvgIpc) is 3.09. The van der Waals surface area contributed by atoms with Gasteiger partial charge in [-0.3, -0.25) is 23.9 Å². The molecule has 0 spiro atoms. The monoisotopic (exact) mass is 471 g/mol. The highest BCUT2D eigenvalue weighted by Crippen LogP contribution is 2.25. The molecule has 1 fully saturated rings. The van der Waals surface area contributed by atoms with E-state index in [1.165, 1.54) is 46.5 Å². The van der Waals surface area contributed by atoms with Crippen molar-refractivity contribution in [2.45, 2.75) is 26.8 Å². The molecule has 2 amide bonds. The minimum absolute atomic E-state index is 0.0179. The van der Waals surface area contributed by atoms with Crippen molar-refractivity contribution in [3.63, 3.8) is 0 Å². The Morgan fingerprint density at radius 3 is 2.52 bits per heavy atom. The molecule has 3 aromatic rings. The number of nitrogens with one attached hydrogen (secondary N) is 1. The number of carbonyl (C=O) groups is 2. The third kappa shape index (κ3) is 5.28. The van der Waals surface area contributed by atoms with E-state index in [1.807, 2.05) is 18.7 Å². The number of benzene rings is 1. The maximum atomic E-state index is 13.0. The highest BCUT2D eigenvalue weighted by Gasteiger charge is 2.22. The van der Waals surface area contributed by atoms with Crippen LogP contribution in [0.5, 0.6) is 0 Å². The van der Waals surface area contributed by atoms with Gasteiger partial charge in [0.1, 0.15) is 10.6 Å². The smallest absolute Gasteiger partial charge is 0.262 e. The van der Waals surface area contributed by atoms with Gasteiger partial charge in [-0.1, -0.05) is 0 Å². The summed E-state index contributed by atoms with van der Waals surface area (Å²) in [4.78, 5) is 47.6. The van der Waals surface area contributed by atoms with E-state index in [2.05, 4.69) is 10.3 Å². The van der Waals surface area contributed by atoms with Crippen LogP contribution in [0.25, 0.3) is 10.2 Å². The number of halogens is 1. The molecule has 1 saturated heterocycles. The Morgan fingerprint density at radius 2 is 1.82 bits per heavy atom. The molecule has 1 aromatic carbocycles. The van der Waals surface area contributed by atoms with Crippen LogP contribution in [0.1, 0.15) is 16.9 Å². The summed E-state index contributed by atoms with van der Waals surface area (Å²) in [5, 5.41) is 3.39. The van der Waals surface area contributed by atoms with E-state index < -0.39 is 0 Å². The molecule has 33 heavy (non-hydrogen) atoms. The van der Waals surface area contributed by atoms with E-state index in [4.69, 9.17) is 0 Å². The average molecular weight is 472 g/mol. The highest BCUT2D eigenvalue weighted by atomic mass is 32.1. The van der Waals surface area contributed by atoms with Crippen molar-refractivity contribution >= 4 is 39.1 Å². The molecule has 0 radical (unpaired) electrons. The SMILES string of the molecule is Cc1sc2ncn(CCC(=O)N3CCN(CC(=O)Nc4ccc(F)cc4)CC3)c(=O)c2c1C. The number of piperazine rings is 1. The van der Waals surface area contributed by atoms with Crippen LogP contribution in [-0.4, -0.2) is 63.9 Å². The van der Waals surface area contributed by atoms with Crippen LogP contribution < -0.4 is 10.9 Å². The summed E-state index contributed by atoms with van der Waals surface area (Å²) in [5.41, 5.74) is 1.39. The number of hydrogen-bond donors (Lipinski definition) is 1. The van der Waals surface area contributed by atoms with Gasteiger partial charge in [-0.25, -0.2) is 9.37 Å². The summed E-state index contributed by atoms with van der Waals surface area (Å²) in [6.07, 6.45) is 1.74. The Hall–Kier alpha value is -3.11. The normalized spacial score (nSPS) is 14.6. The van der Waals surface area contributed by atoms with E-state index in [0.717, 1.165) is 15.3 Å². The summed E-state index contributed by atoms with van der Waals surface area (Å²) in [6, 6.07) is 5.63. The number of nitrogens with zero attached hydrogens (tertiary/aromatic N) is 4. The summed E-state index contributed by atoms with van der Waals surface area (Å²) >= 11 is 1.51. The van der Waals surface area contributed by atoms with Crippen molar-refractivity contribution in [3.05, 3.63) is 57.2 Å². The third-order valence-corrected chi connectivity index (χ3v) is 7.06. The maximum Gasteiger partial charge on any atom is 0.262 e. The van der Waals surface area contributed by atoms with Crippen LogP contribution in [-0.2, 0) is 16.1 Å². The Kier molecular flexibility index (Phi) is 6.85. The van der Waals surface area contributed by atoms with Crippen molar-refractivity contribution in [1.29, 1.82) is 0 Å². The second kappa shape index (κ2) is 9.80. The lowest BCUT2D eigenvalue weighted by atomic mass is 10.2. The van der Waals surface area contributed by atoms with Gasteiger partial charge in [0.2, 0.25) is 11.8 Å². The molecule has 0 atom stereocenters. The number of aryl methyl sites for hydroxylation is 3. The van der Waals surface area contributed by atoms with E-state index in [-0.39, 0.29) is 42.7 Å². The highest BCUT2D eigenvalue weighted by molar-refractivity contribution is 7.18. The lowest BCUT2D eigenvalue weighted by molar-refractivity contribution is -0.133. The van der Waals surface area contributed by atoms with Gasteiger partial charge in [0.15, 0.2) is 0 Å². The largest absolute Gasteiger partial charge is 0.340 e. The van der Waals surface area contributed by atoms with E-state index in [0.29, 0.717) is 37.3 Å². The lowest BCUT2D eigenvalue weighted by Gasteiger charge is -2.34. The van der Waals surface area contributed by atoms with E-state index in [1.54, 1.807) is 4.90 Å². The van der Waals surface area contributed by atoms with Crippen LogP contribution in [0.3, 0.4) is 0 Å². The predicted octanol–water partition coefficient (Wildman–Crippen LogP) is 2.39. The molecule has 2 aromatic heterocycles. The lowest BCUT2D eigenvalue weighted by Crippen LogP contribution is -2.50. The van der Waals surface area contributed by atoms with Crippen molar-refractivity contribution in [1.82, 2.24) is 19.4 Å². The summed E-state index contributed by atoms with van der Waals surface area (Å²) in [5.74, 6) is -0.551. The van der Waals surface area contributed by atoms with Crippen molar-refractivity contribution in [2.24, 2.45) is 0 Å². The Balaban J connectivity index is 1.26. The number of fused-ring (bicyclic) bond motifs is 1. The van der Waals surface area contributed by atoms with Gasteiger partial charge in [-0.15, -0.1) is 11.3 Å². The zero-order valence-electron chi connectivity index (χ0n) is 18.6. The number of hydrogen-bond acceptors (Lipinski definition) is 6. The molecule has 10 heteroatoms. The van der Waals surface area contributed by atoms with Gasteiger partial charge in [-0.2, -0.15) is 0 Å². The Morgan fingerprint density at radius 1 is 1.12 bits per heavy atom. The molecule has 8 nitrogen and oxygen atoms in total. The first-order chi connectivity index (χ1) is 15.8. The van der Waals surface area contributed by atoms with Crippen LogP contribution >= 0.6 is 11.3 Å². The molecule has 1 N–H and O–H groups in total. The number of thiophene rings is 1.